The van der Waals surface area contributed by atoms with E-state index in [0.717, 1.165) is 35.8 Å². The van der Waals surface area contributed by atoms with Crippen molar-refractivity contribution in [2.45, 2.75) is 12.5 Å². The molecule has 1 aliphatic rings. The van der Waals surface area contributed by atoms with Crippen LogP contribution in [0.5, 0.6) is 0 Å². The van der Waals surface area contributed by atoms with Crippen molar-refractivity contribution in [3.63, 3.8) is 0 Å². The molecule has 0 radical (unpaired) electrons. The molecule has 19 heavy (non-hydrogen) atoms. The fourth-order valence-electron chi connectivity index (χ4n) is 2.41. The molecule has 7 nitrogen and oxygen atoms in total. The first-order valence-corrected chi connectivity index (χ1v) is 7.12. The maximum Gasteiger partial charge on any atom is 0.223 e. The van der Waals surface area contributed by atoms with Gasteiger partial charge in [0.05, 0.1) is 5.51 Å². The van der Waals surface area contributed by atoms with Crippen LogP contribution in [0.2, 0.25) is 0 Å². The molecule has 1 aliphatic heterocycles. The van der Waals surface area contributed by atoms with Crippen molar-refractivity contribution in [3.05, 3.63) is 5.51 Å². The molecule has 2 aromatic heterocycles. The maximum absolute atomic E-state index is 9.19. The van der Waals surface area contributed by atoms with Gasteiger partial charge in [0.15, 0.2) is 10.6 Å². The lowest BCUT2D eigenvalue weighted by molar-refractivity contribution is 0.265. The Morgan fingerprint density at radius 2 is 2.42 bits per heavy atom. The number of anilines is 2. The van der Waals surface area contributed by atoms with Crippen molar-refractivity contribution in [2.24, 2.45) is 0 Å². The molecule has 102 valence electrons. The van der Waals surface area contributed by atoms with Gasteiger partial charge in [0.1, 0.15) is 5.52 Å². The van der Waals surface area contributed by atoms with E-state index in [0.29, 0.717) is 6.42 Å². The fourth-order valence-corrected chi connectivity index (χ4v) is 3.07. The van der Waals surface area contributed by atoms with E-state index >= 15 is 0 Å². The number of aliphatic hydroxyl groups is 1. The van der Waals surface area contributed by atoms with Crippen LogP contribution >= 0.6 is 11.3 Å². The highest BCUT2D eigenvalue weighted by Crippen LogP contribution is 2.28. The highest BCUT2D eigenvalue weighted by Gasteiger charge is 2.25. The SMILES string of the molecule is Nc1nc(N2CCNCC2CCO)c2ncsc2n1. The summed E-state index contributed by atoms with van der Waals surface area (Å²) in [5, 5.41) is 12.5. The molecule has 3 heterocycles. The van der Waals surface area contributed by atoms with Gasteiger partial charge in [-0.1, -0.05) is 0 Å². The predicted molar refractivity (Wildman–Crippen MR) is 75.3 cm³/mol. The number of nitrogens with two attached hydrogens (primary N) is 1. The van der Waals surface area contributed by atoms with Gasteiger partial charge >= 0.3 is 0 Å². The van der Waals surface area contributed by atoms with Gasteiger partial charge in [-0.05, 0) is 6.42 Å². The van der Waals surface area contributed by atoms with Gasteiger partial charge in [-0.15, -0.1) is 11.3 Å². The van der Waals surface area contributed by atoms with E-state index in [-0.39, 0.29) is 18.6 Å². The molecule has 0 aliphatic carbocycles. The third-order valence-corrected chi connectivity index (χ3v) is 4.00. The zero-order chi connectivity index (χ0) is 13.2. The molecular formula is C11H16N6OS. The number of hydrogen-bond acceptors (Lipinski definition) is 8. The van der Waals surface area contributed by atoms with Gasteiger partial charge < -0.3 is 21.1 Å². The largest absolute Gasteiger partial charge is 0.396 e. The standard InChI is InChI=1S/C11H16N6OS/c12-11-15-9(8-10(16-11)19-6-14-8)17-3-2-13-5-7(17)1-4-18/h6-7,13,18H,1-5H2,(H2,12,15,16). The molecule has 3 rings (SSSR count). The van der Waals surface area contributed by atoms with Gasteiger partial charge in [0.2, 0.25) is 5.95 Å². The number of aromatic nitrogens is 3. The summed E-state index contributed by atoms with van der Waals surface area (Å²) >= 11 is 1.46. The number of nitrogen functional groups attached to an aromatic ring is 1. The lowest BCUT2D eigenvalue weighted by Gasteiger charge is -2.36. The van der Waals surface area contributed by atoms with Gasteiger partial charge in [0, 0.05) is 32.3 Å². The van der Waals surface area contributed by atoms with Gasteiger partial charge in [-0.3, -0.25) is 0 Å². The average molecular weight is 280 g/mol. The third kappa shape index (κ3) is 2.34. The molecule has 0 spiro atoms. The number of fused-ring (bicyclic) bond motifs is 1. The smallest absolute Gasteiger partial charge is 0.223 e. The summed E-state index contributed by atoms with van der Waals surface area (Å²) in [5.41, 5.74) is 8.33. The van der Waals surface area contributed by atoms with Gasteiger partial charge in [-0.25, -0.2) is 9.97 Å². The summed E-state index contributed by atoms with van der Waals surface area (Å²) in [4.78, 5) is 15.9. The van der Waals surface area contributed by atoms with Crippen LogP contribution in [-0.4, -0.2) is 52.3 Å². The first-order chi connectivity index (χ1) is 9.29. The van der Waals surface area contributed by atoms with Crippen molar-refractivity contribution in [1.29, 1.82) is 0 Å². The third-order valence-electron chi connectivity index (χ3n) is 3.28. The normalized spacial score (nSPS) is 20.1. The van der Waals surface area contributed by atoms with Crippen molar-refractivity contribution < 1.29 is 5.11 Å². The lowest BCUT2D eigenvalue weighted by Crippen LogP contribution is -2.52. The minimum Gasteiger partial charge on any atom is -0.396 e. The minimum atomic E-state index is 0.156. The molecule has 2 aromatic rings. The number of hydrogen-bond donors (Lipinski definition) is 3. The Balaban J connectivity index is 2.03. The van der Waals surface area contributed by atoms with Crippen LogP contribution in [0.3, 0.4) is 0 Å². The van der Waals surface area contributed by atoms with Crippen LogP contribution in [0.25, 0.3) is 10.3 Å². The summed E-state index contributed by atoms with van der Waals surface area (Å²) in [7, 11) is 0. The van der Waals surface area contributed by atoms with E-state index in [1.807, 2.05) is 0 Å². The Bertz CT molecular complexity index is 571. The van der Waals surface area contributed by atoms with E-state index < -0.39 is 0 Å². The van der Waals surface area contributed by atoms with E-state index in [1.54, 1.807) is 5.51 Å². The summed E-state index contributed by atoms with van der Waals surface area (Å²) in [6.07, 6.45) is 0.697. The quantitative estimate of drug-likeness (QED) is 0.717. The van der Waals surface area contributed by atoms with Crippen LogP contribution in [-0.2, 0) is 0 Å². The van der Waals surface area contributed by atoms with Gasteiger partial charge in [-0.2, -0.15) is 4.98 Å². The first-order valence-electron chi connectivity index (χ1n) is 6.24. The molecule has 0 bridgehead atoms. The Kier molecular flexibility index (Phi) is 3.45. The minimum absolute atomic E-state index is 0.156. The Morgan fingerprint density at radius 1 is 1.53 bits per heavy atom. The van der Waals surface area contributed by atoms with E-state index in [2.05, 4.69) is 25.2 Å². The van der Waals surface area contributed by atoms with Crippen LogP contribution in [0, 0.1) is 0 Å². The highest BCUT2D eigenvalue weighted by molar-refractivity contribution is 7.16. The van der Waals surface area contributed by atoms with Crippen LogP contribution in [0.1, 0.15) is 6.42 Å². The number of rotatable bonds is 3. The summed E-state index contributed by atoms with van der Waals surface area (Å²) < 4.78 is 0. The zero-order valence-electron chi connectivity index (χ0n) is 10.4. The number of aliphatic hydroxyl groups excluding tert-OH is 1. The number of nitrogens with one attached hydrogen (secondary N) is 1. The fraction of sp³-hybridized carbons (Fsp3) is 0.545. The summed E-state index contributed by atoms with van der Waals surface area (Å²) in [5.74, 6) is 1.05. The number of piperazine rings is 1. The second-order valence-corrected chi connectivity index (χ2v) is 5.31. The Morgan fingerprint density at radius 3 is 3.26 bits per heavy atom. The summed E-state index contributed by atoms with van der Waals surface area (Å²) in [6, 6.07) is 0.206. The Hall–Kier alpha value is -1.51. The molecular weight excluding hydrogens is 264 g/mol. The first kappa shape index (κ1) is 12.5. The number of nitrogens with zero attached hydrogens (tertiary/aromatic N) is 4. The molecule has 8 heteroatoms. The highest BCUT2D eigenvalue weighted by atomic mass is 32.1. The van der Waals surface area contributed by atoms with E-state index in [1.165, 1.54) is 11.3 Å². The lowest BCUT2D eigenvalue weighted by atomic mass is 10.1. The summed E-state index contributed by atoms with van der Waals surface area (Å²) in [6.45, 7) is 2.70. The zero-order valence-corrected chi connectivity index (χ0v) is 11.2. The molecule has 0 saturated carbocycles. The second-order valence-electron chi connectivity index (χ2n) is 4.48. The second kappa shape index (κ2) is 5.24. The molecule has 0 amide bonds. The molecule has 4 N–H and O–H groups in total. The Labute approximate surface area is 114 Å². The molecule has 0 aromatic carbocycles. The molecule has 1 fully saturated rings. The maximum atomic E-state index is 9.19. The van der Waals surface area contributed by atoms with Gasteiger partial charge in [0.25, 0.3) is 0 Å². The molecule has 1 saturated heterocycles. The van der Waals surface area contributed by atoms with Crippen molar-refractivity contribution in [3.8, 4) is 0 Å². The predicted octanol–water partition coefficient (Wildman–Crippen LogP) is -0.171. The monoisotopic (exact) mass is 280 g/mol. The molecule has 1 unspecified atom stereocenters. The van der Waals surface area contributed by atoms with E-state index in [4.69, 9.17) is 5.73 Å². The van der Waals surface area contributed by atoms with Crippen molar-refractivity contribution in [2.75, 3.05) is 36.9 Å². The topological polar surface area (TPSA) is 100 Å². The van der Waals surface area contributed by atoms with Crippen molar-refractivity contribution >= 4 is 33.5 Å². The van der Waals surface area contributed by atoms with E-state index in [9.17, 15) is 5.11 Å². The van der Waals surface area contributed by atoms with Crippen LogP contribution < -0.4 is 16.0 Å². The van der Waals surface area contributed by atoms with Crippen LogP contribution in [0.15, 0.2) is 5.51 Å². The van der Waals surface area contributed by atoms with Crippen molar-refractivity contribution in [1.82, 2.24) is 20.3 Å². The molecule has 1 atom stereocenters. The number of thiazole rings is 1. The average Bonchev–Trinajstić information content (AvgIpc) is 2.87. The van der Waals surface area contributed by atoms with Crippen LogP contribution in [0.4, 0.5) is 11.8 Å².